The van der Waals surface area contributed by atoms with Crippen LogP contribution in [0, 0.1) is 6.92 Å². The number of rotatable bonds is 5. The number of carbonyl (C=O) groups excluding carboxylic acids is 1. The van der Waals surface area contributed by atoms with Crippen molar-refractivity contribution in [3.8, 4) is 5.75 Å². The van der Waals surface area contributed by atoms with Gasteiger partial charge in [0.15, 0.2) is 0 Å². The van der Waals surface area contributed by atoms with Crippen LogP contribution >= 0.6 is 0 Å². The summed E-state index contributed by atoms with van der Waals surface area (Å²) in [5.41, 5.74) is 6.74. The number of anilines is 1. The lowest BCUT2D eigenvalue weighted by atomic mass is 9.78. The van der Waals surface area contributed by atoms with Crippen LogP contribution in [0.2, 0.25) is 0 Å². The van der Waals surface area contributed by atoms with Crippen molar-refractivity contribution in [3.05, 3.63) is 58.7 Å². The van der Waals surface area contributed by atoms with Crippen LogP contribution in [0.25, 0.3) is 0 Å². The van der Waals surface area contributed by atoms with E-state index in [-0.39, 0.29) is 23.3 Å². The lowest BCUT2D eigenvalue weighted by molar-refractivity contribution is -0.119. The van der Waals surface area contributed by atoms with E-state index in [0.717, 1.165) is 22.4 Å². The van der Waals surface area contributed by atoms with Crippen LogP contribution in [0.5, 0.6) is 5.75 Å². The summed E-state index contributed by atoms with van der Waals surface area (Å²) < 4.78 is 0. The minimum absolute atomic E-state index is 0.135. The minimum Gasteiger partial charge on any atom is -0.507 e. The van der Waals surface area contributed by atoms with Crippen LogP contribution in [-0.2, 0) is 15.6 Å². The molecule has 0 saturated carbocycles. The largest absolute Gasteiger partial charge is 0.507 e. The third-order valence-electron chi connectivity index (χ3n) is 4.66. The maximum atomic E-state index is 12.1. The molecule has 0 aliphatic heterocycles. The molecule has 0 bridgehead atoms. The predicted molar refractivity (Wildman–Crippen MR) is 121 cm³/mol. The van der Waals surface area contributed by atoms with Gasteiger partial charge in [0.05, 0.1) is 12.8 Å². The molecule has 0 heterocycles. The minimum atomic E-state index is -0.229. The van der Waals surface area contributed by atoms with E-state index < -0.39 is 0 Å². The van der Waals surface area contributed by atoms with Gasteiger partial charge in [-0.1, -0.05) is 59.2 Å². The highest BCUT2D eigenvalue weighted by atomic mass is 16.3. The Morgan fingerprint density at radius 2 is 1.52 bits per heavy atom. The number of aryl methyl sites for hydroxylation is 1. The molecule has 0 saturated heterocycles. The van der Waals surface area contributed by atoms with Gasteiger partial charge in [-0.05, 0) is 47.6 Å². The lowest BCUT2D eigenvalue weighted by Crippen LogP contribution is -2.26. The van der Waals surface area contributed by atoms with Gasteiger partial charge in [-0.25, -0.2) is 5.43 Å². The molecule has 5 nitrogen and oxygen atoms in total. The Kier molecular flexibility index (Phi) is 6.73. The van der Waals surface area contributed by atoms with Gasteiger partial charge in [0, 0.05) is 16.8 Å². The molecule has 2 aromatic rings. The maximum Gasteiger partial charge on any atom is 0.259 e. The summed E-state index contributed by atoms with van der Waals surface area (Å²) >= 11 is 0. The van der Waals surface area contributed by atoms with Crippen molar-refractivity contribution in [2.24, 2.45) is 5.10 Å². The van der Waals surface area contributed by atoms with E-state index in [2.05, 4.69) is 57.4 Å². The second kappa shape index (κ2) is 8.68. The summed E-state index contributed by atoms with van der Waals surface area (Å²) in [6.45, 7) is 14.5. The normalized spacial score (nSPS) is 12.2. The average molecular weight is 396 g/mol. The van der Waals surface area contributed by atoms with Crippen LogP contribution in [0.1, 0.15) is 63.8 Å². The van der Waals surface area contributed by atoms with E-state index in [0.29, 0.717) is 5.75 Å². The molecule has 2 aromatic carbocycles. The standard InChI is InChI=1S/C24H33N3O2/c1-16-8-10-18(11-9-16)25-15-21(28)27-26-14-17-12-19(23(2,3)4)22(29)20(13-17)24(5,6)7/h8-14,25,29H,15H2,1-7H3,(H,27,28). The number of hydrazone groups is 1. The number of nitrogens with one attached hydrogen (secondary N) is 2. The third-order valence-corrected chi connectivity index (χ3v) is 4.66. The van der Waals surface area contributed by atoms with Crippen LogP contribution in [0.15, 0.2) is 41.5 Å². The Bertz CT molecular complexity index is 851. The molecule has 0 aliphatic rings. The molecule has 0 fully saturated rings. The molecule has 0 aromatic heterocycles. The van der Waals surface area contributed by atoms with Gasteiger partial charge < -0.3 is 10.4 Å². The molecule has 1 amide bonds. The molecule has 0 atom stereocenters. The van der Waals surface area contributed by atoms with Crippen molar-refractivity contribution in [2.45, 2.75) is 59.3 Å². The number of benzene rings is 2. The Labute approximate surface area is 174 Å². The first-order chi connectivity index (χ1) is 13.4. The fourth-order valence-corrected chi connectivity index (χ4v) is 2.95. The molecular weight excluding hydrogens is 362 g/mol. The first kappa shape index (κ1) is 22.5. The topological polar surface area (TPSA) is 73.7 Å². The number of hydrogen-bond acceptors (Lipinski definition) is 4. The molecule has 3 N–H and O–H groups in total. The molecule has 2 rings (SSSR count). The zero-order chi connectivity index (χ0) is 21.8. The number of hydrogen-bond donors (Lipinski definition) is 3. The Balaban J connectivity index is 2.11. The second-order valence-electron chi connectivity index (χ2n) is 9.48. The molecule has 5 heteroatoms. The number of amides is 1. The molecule has 29 heavy (non-hydrogen) atoms. The first-order valence-corrected chi connectivity index (χ1v) is 9.88. The number of aromatic hydroxyl groups is 1. The quantitative estimate of drug-likeness (QED) is 0.500. The maximum absolute atomic E-state index is 12.1. The van der Waals surface area contributed by atoms with E-state index in [1.807, 2.05) is 43.3 Å². The second-order valence-corrected chi connectivity index (χ2v) is 9.48. The zero-order valence-corrected chi connectivity index (χ0v) is 18.6. The van der Waals surface area contributed by atoms with Crippen molar-refractivity contribution in [2.75, 3.05) is 11.9 Å². The van der Waals surface area contributed by atoms with Crippen LogP contribution in [-0.4, -0.2) is 23.8 Å². The predicted octanol–water partition coefficient (Wildman–Crippen LogP) is 4.86. The molecule has 0 spiro atoms. The van der Waals surface area contributed by atoms with Crippen LogP contribution in [0.4, 0.5) is 5.69 Å². The van der Waals surface area contributed by atoms with E-state index in [1.54, 1.807) is 6.21 Å². The highest BCUT2D eigenvalue weighted by molar-refractivity contribution is 5.85. The van der Waals surface area contributed by atoms with Gasteiger partial charge in [-0.2, -0.15) is 5.10 Å². The van der Waals surface area contributed by atoms with Gasteiger partial charge in [0.25, 0.3) is 5.91 Å². The fourth-order valence-electron chi connectivity index (χ4n) is 2.95. The molecule has 0 unspecified atom stereocenters. The van der Waals surface area contributed by atoms with E-state index in [9.17, 15) is 9.90 Å². The third kappa shape index (κ3) is 6.34. The number of phenols is 1. The van der Waals surface area contributed by atoms with Crippen molar-refractivity contribution in [3.63, 3.8) is 0 Å². The van der Waals surface area contributed by atoms with Crippen LogP contribution in [0.3, 0.4) is 0 Å². The molecule has 0 aliphatic carbocycles. The molecular formula is C24H33N3O2. The van der Waals surface area contributed by atoms with Crippen molar-refractivity contribution in [1.29, 1.82) is 0 Å². The van der Waals surface area contributed by atoms with Gasteiger partial charge >= 0.3 is 0 Å². The lowest BCUT2D eigenvalue weighted by Gasteiger charge is -2.27. The molecule has 156 valence electrons. The smallest absolute Gasteiger partial charge is 0.259 e. The number of carbonyl (C=O) groups is 1. The van der Waals surface area contributed by atoms with Gasteiger partial charge in [-0.15, -0.1) is 0 Å². The zero-order valence-electron chi connectivity index (χ0n) is 18.6. The highest BCUT2D eigenvalue weighted by Crippen LogP contribution is 2.39. The summed E-state index contributed by atoms with van der Waals surface area (Å²) in [6, 6.07) is 11.7. The monoisotopic (exact) mass is 395 g/mol. The summed E-state index contributed by atoms with van der Waals surface area (Å²) in [5, 5.41) is 17.9. The number of nitrogens with zero attached hydrogens (tertiary/aromatic N) is 1. The average Bonchev–Trinajstić information content (AvgIpc) is 2.60. The van der Waals surface area contributed by atoms with Gasteiger partial charge in [0.2, 0.25) is 0 Å². The fraction of sp³-hybridized carbons (Fsp3) is 0.417. The first-order valence-electron chi connectivity index (χ1n) is 9.88. The molecule has 0 radical (unpaired) electrons. The Hall–Kier alpha value is -2.82. The Morgan fingerprint density at radius 3 is 2.00 bits per heavy atom. The number of phenolic OH excluding ortho intramolecular Hbond substituents is 1. The van der Waals surface area contributed by atoms with E-state index >= 15 is 0 Å². The summed E-state index contributed by atoms with van der Waals surface area (Å²) in [4.78, 5) is 12.1. The van der Waals surface area contributed by atoms with Crippen LogP contribution < -0.4 is 10.7 Å². The van der Waals surface area contributed by atoms with E-state index in [4.69, 9.17) is 0 Å². The van der Waals surface area contributed by atoms with Gasteiger partial charge in [-0.3, -0.25) is 4.79 Å². The van der Waals surface area contributed by atoms with Crippen molar-refractivity contribution in [1.82, 2.24) is 5.43 Å². The van der Waals surface area contributed by atoms with Gasteiger partial charge in [0.1, 0.15) is 5.75 Å². The SMILES string of the molecule is Cc1ccc(NCC(=O)NN=Cc2cc(C(C)(C)C)c(O)c(C(C)(C)C)c2)cc1. The summed E-state index contributed by atoms with van der Waals surface area (Å²) in [6.07, 6.45) is 1.62. The highest BCUT2D eigenvalue weighted by Gasteiger charge is 2.26. The Morgan fingerprint density at radius 1 is 1.00 bits per heavy atom. The summed E-state index contributed by atoms with van der Waals surface area (Å²) in [5.74, 6) is 0.0983. The van der Waals surface area contributed by atoms with Crippen molar-refractivity contribution >= 4 is 17.8 Å². The van der Waals surface area contributed by atoms with E-state index in [1.165, 1.54) is 5.56 Å². The summed E-state index contributed by atoms with van der Waals surface area (Å²) in [7, 11) is 0. The van der Waals surface area contributed by atoms with Crippen molar-refractivity contribution < 1.29 is 9.90 Å².